The third-order valence-corrected chi connectivity index (χ3v) is 5.68. The molecule has 140 valence electrons. The molecule has 26 heavy (non-hydrogen) atoms. The van der Waals surface area contributed by atoms with Gasteiger partial charge < -0.3 is 14.4 Å². The maximum absolute atomic E-state index is 13.1. The minimum absolute atomic E-state index is 0.0171. The number of ether oxygens (including phenoxy) is 2. The molecule has 0 radical (unpaired) electrons. The number of hydrogen-bond acceptors (Lipinski definition) is 4. The number of nitrogens with zero attached hydrogens (tertiary/aromatic N) is 1. The molecule has 3 rings (SSSR count). The number of benzene rings is 1. The highest BCUT2D eigenvalue weighted by Gasteiger charge is 2.32. The van der Waals surface area contributed by atoms with Gasteiger partial charge in [-0.25, -0.2) is 0 Å². The van der Waals surface area contributed by atoms with Gasteiger partial charge in [-0.15, -0.1) is 11.3 Å². The summed E-state index contributed by atoms with van der Waals surface area (Å²) in [5.74, 6) is 1.34. The zero-order chi connectivity index (χ0) is 18.7. The molecule has 0 bridgehead atoms. The van der Waals surface area contributed by atoms with E-state index in [1.54, 1.807) is 30.6 Å². The van der Waals surface area contributed by atoms with Gasteiger partial charge in [-0.3, -0.25) is 4.79 Å². The fourth-order valence-electron chi connectivity index (χ4n) is 3.19. The van der Waals surface area contributed by atoms with E-state index in [0.29, 0.717) is 34.6 Å². The SMILES string of the molecule is COc1cc(C(=O)N2CCCC2c2cccs2)cc(Cl)c1OCC(C)C. The maximum Gasteiger partial charge on any atom is 0.254 e. The fraction of sp³-hybridized carbons (Fsp3) is 0.450. The van der Waals surface area contributed by atoms with Crippen molar-refractivity contribution < 1.29 is 14.3 Å². The van der Waals surface area contributed by atoms with Gasteiger partial charge >= 0.3 is 0 Å². The average Bonchev–Trinajstić information content (AvgIpc) is 3.29. The van der Waals surface area contributed by atoms with E-state index in [1.165, 1.54) is 4.88 Å². The number of halogens is 1. The minimum atomic E-state index is -0.0171. The molecule has 1 aliphatic heterocycles. The first-order chi connectivity index (χ1) is 12.5. The number of carbonyl (C=O) groups is 1. The molecule has 1 unspecified atom stereocenters. The van der Waals surface area contributed by atoms with Crippen molar-refractivity contribution in [1.82, 2.24) is 4.90 Å². The van der Waals surface area contributed by atoms with Crippen LogP contribution in [0.2, 0.25) is 5.02 Å². The van der Waals surface area contributed by atoms with Gasteiger partial charge in [-0.1, -0.05) is 31.5 Å². The van der Waals surface area contributed by atoms with Crippen molar-refractivity contribution in [3.63, 3.8) is 0 Å². The molecule has 0 N–H and O–H groups in total. The Morgan fingerprint density at radius 2 is 2.23 bits per heavy atom. The summed E-state index contributed by atoms with van der Waals surface area (Å²) in [5.41, 5.74) is 0.534. The summed E-state index contributed by atoms with van der Waals surface area (Å²) in [7, 11) is 1.56. The van der Waals surface area contributed by atoms with Crippen molar-refractivity contribution in [2.75, 3.05) is 20.3 Å². The van der Waals surface area contributed by atoms with Crippen LogP contribution in [0.5, 0.6) is 11.5 Å². The lowest BCUT2D eigenvalue weighted by atomic mass is 10.1. The molecule has 2 heterocycles. The molecule has 1 aliphatic rings. The van der Waals surface area contributed by atoms with Gasteiger partial charge in [0.25, 0.3) is 5.91 Å². The quantitative estimate of drug-likeness (QED) is 0.657. The van der Waals surface area contributed by atoms with Crippen LogP contribution in [0.4, 0.5) is 0 Å². The van der Waals surface area contributed by atoms with E-state index in [9.17, 15) is 4.79 Å². The molecule has 4 nitrogen and oxygen atoms in total. The van der Waals surface area contributed by atoms with Crippen molar-refractivity contribution >= 4 is 28.8 Å². The molecule has 1 amide bonds. The second-order valence-corrected chi connectivity index (χ2v) is 8.25. The Morgan fingerprint density at radius 1 is 1.42 bits per heavy atom. The lowest BCUT2D eigenvalue weighted by molar-refractivity contribution is 0.0737. The smallest absolute Gasteiger partial charge is 0.254 e. The number of methoxy groups -OCH3 is 1. The molecule has 0 spiro atoms. The summed E-state index contributed by atoms with van der Waals surface area (Å²) in [4.78, 5) is 16.3. The van der Waals surface area contributed by atoms with E-state index in [1.807, 2.05) is 11.0 Å². The summed E-state index contributed by atoms with van der Waals surface area (Å²) in [6.07, 6.45) is 2.00. The molecule has 6 heteroatoms. The monoisotopic (exact) mass is 393 g/mol. The molecule has 1 aromatic heterocycles. The van der Waals surface area contributed by atoms with Crippen molar-refractivity contribution in [1.29, 1.82) is 0 Å². The van der Waals surface area contributed by atoms with E-state index < -0.39 is 0 Å². The van der Waals surface area contributed by atoms with Gasteiger partial charge in [0.1, 0.15) is 0 Å². The normalized spacial score (nSPS) is 17.0. The highest BCUT2D eigenvalue weighted by atomic mass is 35.5. The third-order valence-electron chi connectivity index (χ3n) is 4.42. The molecule has 1 saturated heterocycles. The van der Waals surface area contributed by atoms with E-state index in [4.69, 9.17) is 21.1 Å². The molecular formula is C20H24ClNO3S. The number of carbonyl (C=O) groups excluding carboxylic acids is 1. The minimum Gasteiger partial charge on any atom is -0.493 e. The van der Waals surface area contributed by atoms with Crippen LogP contribution in [-0.2, 0) is 0 Å². The summed E-state index contributed by atoms with van der Waals surface area (Å²) in [6, 6.07) is 7.68. The van der Waals surface area contributed by atoms with Gasteiger partial charge in [-0.2, -0.15) is 0 Å². The number of rotatable bonds is 6. The maximum atomic E-state index is 13.1. The molecular weight excluding hydrogens is 370 g/mol. The lowest BCUT2D eigenvalue weighted by Crippen LogP contribution is -2.30. The highest BCUT2D eigenvalue weighted by molar-refractivity contribution is 7.10. The second kappa shape index (κ2) is 8.31. The van der Waals surface area contributed by atoms with E-state index in [-0.39, 0.29) is 11.9 Å². The Hall–Kier alpha value is -1.72. The summed E-state index contributed by atoms with van der Waals surface area (Å²) < 4.78 is 11.2. The summed E-state index contributed by atoms with van der Waals surface area (Å²) in [6.45, 7) is 5.43. The Kier molecular flexibility index (Phi) is 6.09. The Bertz CT molecular complexity index is 761. The standard InChI is InChI=1S/C20H24ClNO3S/c1-13(2)12-25-19-15(21)10-14(11-17(19)24-3)20(23)22-8-4-6-16(22)18-7-5-9-26-18/h5,7,9-11,13,16H,4,6,8,12H2,1-3H3. The molecule has 0 saturated carbocycles. The van der Waals surface area contributed by atoms with Crippen LogP contribution in [0.25, 0.3) is 0 Å². The molecule has 1 fully saturated rings. The van der Waals surface area contributed by atoms with Crippen LogP contribution in [0.1, 0.15) is 48.0 Å². The Balaban J connectivity index is 1.86. The molecule has 0 aliphatic carbocycles. The highest BCUT2D eigenvalue weighted by Crippen LogP contribution is 2.39. The van der Waals surface area contributed by atoms with Gasteiger partial charge in [0.05, 0.1) is 24.8 Å². The number of amides is 1. The fourth-order valence-corrected chi connectivity index (χ4v) is 4.32. The first kappa shape index (κ1) is 19.1. The Labute approximate surface area is 163 Å². The van der Waals surface area contributed by atoms with Crippen molar-refractivity contribution in [2.45, 2.75) is 32.7 Å². The van der Waals surface area contributed by atoms with Crippen LogP contribution >= 0.6 is 22.9 Å². The number of likely N-dealkylation sites (tertiary alicyclic amines) is 1. The van der Waals surface area contributed by atoms with Crippen LogP contribution in [-0.4, -0.2) is 31.1 Å². The average molecular weight is 394 g/mol. The van der Waals surface area contributed by atoms with Gasteiger partial charge in [0, 0.05) is 17.0 Å². The topological polar surface area (TPSA) is 38.8 Å². The van der Waals surface area contributed by atoms with E-state index in [0.717, 1.165) is 19.4 Å². The Morgan fingerprint density at radius 3 is 2.88 bits per heavy atom. The van der Waals surface area contributed by atoms with E-state index >= 15 is 0 Å². The largest absolute Gasteiger partial charge is 0.493 e. The van der Waals surface area contributed by atoms with Gasteiger partial charge in [0.15, 0.2) is 11.5 Å². The summed E-state index contributed by atoms with van der Waals surface area (Å²) >= 11 is 8.10. The summed E-state index contributed by atoms with van der Waals surface area (Å²) in [5, 5.41) is 2.46. The predicted octanol–water partition coefficient (Wildman–Crippen LogP) is 5.42. The first-order valence-electron chi connectivity index (χ1n) is 8.86. The third kappa shape index (κ3) is 3.99. The first-order valence-corrected chi connectivity index (χ1v) is 10.1. The van der Waals surface area contributed by atoms with Crippen LogP contribution < -0.4 is 9.47 Å². The predicted molar refractivity (Wildman–Crippen MR) is 106 cm³/mol. The zero-order valence-electron chi connectivity index (χ0n) is 15.3. The van der Waals surface area contributed by atoms with Crippen LogP contribution in [0.3, 0.4) is 0 Å². The second-order valence-electron chi connectivity index (χ2n) is 6.87. The van der Waals surface area contributed by atoms with Crippen molar-refractivity contribution in [2.24, 2.45) is 5.92 Å². The van der Waals surface area contributed by atoms with Gasteiger partial charge in [0.2, 0.25) is 0 Å². The molecule has 1 atom stereocenters. The molecule has 2 aromatic rings. The van der Waals surface area contributed by atoms with Crippen molar-refractivity contribution in [3.05, 3.63) is 45.1 Å². The zero-order valence-corrected chi connectivity index (χ0v) is 16.9. The van der Waals surface area contributed by atoms with Crippen LogP contribution in [0, 0.1) is 5.92 Å². The molecule has 1 aromatic carbocycles. The lowest BCUT2D eigenvalue weighted by Gasteiger charge is -2.24. The van der Waals surface area contributed by atoms with Crippen LogP contribution in [0.15, 0.2) is 29.6 Å². The van der Waals surface area contributed by atoms with E-state index in [2.05, 4.69) is 25.3 Å². The van der Waals surface area contributed by atoms with Crippen molar-refractivity contribution in [3.8, 4) is 11.5 Å². The van der Waals surface area contributed by atoms with Gasteiger partial charge in [-0.05, 0) is 42.3 Å². The number of thiophene rings is 1. The number of hydrogen-bond donors (Lipinski definition) is 0.